The second-order valence-electron chi connectivity index (χ2n) is 5.63. The molecule has 2 amide bonds. The number of rotatable bonds is 2. The van der Waals surface area contributed by atoms with Crippen LogP contribution in [0, 0.1) is 0 Å². The second-order valence-corrected chi connectivity index (χ2v) is 6.02. The monoisotopic (exact) mass is 325 g/mol. The molecule has 0 bridgehead atoms. The molecular formula is C13H16ClN5O3. The molecule has 22 heavy (non-hydrogen) atoms. The zero-order valence-electron chi connectivity index (χ0n) is 12.6. The number of nitrogens with zero attached hydrogens (tertiary/aromatic N) is 4. The van der Waals surface area contributed by atoms with E-state index in [1.807, 2.05) is 0 Å². The number of primary amides is 1. The lowest BCUT2D eigenvalue weighted by Crippen LogP contribution is -2.34. The summed E-state index contributed by atoms with van der Waals surface area (Å²) in [5.41, 5.74) is 5.29. The van der Waals surface area contributed by atoms with Gasteiger partial charge >= 0.3 is 6.09 Å². The van der Waals surface area contributed by atoms with Crippen LogP contribution in [0.5, 0.6) is 0 Å². The van der Waals surface area contributed by atoms with Crippen molar-refractivity contribution < 1.29 is 14.3 Å². The first kappa shape index (κ1) is 16.0. The van der Waals surface area contributed by atoms with Crippen molar-refractivity contribution in [3.8, 4) is 0 Å². The lowest BCUT2D eigenvalue weighted by atomic mass is 10.2. The van der Waals surface area contributed by atoms with Crippen molar-refractivity contribution in [2.75, 3.05) is 11.9 Å². The number of nitrogens with two attached hydrogens (primary N) is 1. The van der Waals surface area contributed by atoms with E-state index in [0.717, 1.165) is 0 Å². The highest BCUT2D eigenvalue weighted by molar-refractivity contribution is 6.29. The fourth-order valence-electron chi connectivity index (χ4n) is 1.77. The molecule has 2 aromatic rings. The number of imidazole rings is 1. The highest BCUT2D eigenvalue weighted by Gasteiger charge is 2.24. The number of carbonyl (C=O) groups excluding carboxylic acids is 2. The van der Waals surface area contributed by atoms with Crippen LogP contribution in [0.1, 0.15) is 31.3 Å². The van der Waals surface area contributed by atoms with Crippen LogP contribution in [-0.2, 0) is 4.74 Å². The Hall–Kier alpha value is -2.35. The maximum Gasteiger partial charge on any atom is 0.414 e. The van der Waals surface area contributed by atoms with Crippen molar-refractivity contribution in [1.29, 1.82) is 0 Å². The minimum Gasteiger partial charge on any atom is -0.443 e. The molecular weight excluding hydrogens is 310 g/mol. The van der Waals surface area contributed by atoms with Crippen LogP contribution in [0.4, 0.5) is 10.5 Å². The third kappa shape index (κ3) is 3.11. The van der Waals surface area contributed by atoms with E-state index in [9.17, 15) is 9.59 Å². The number of hydrogen-bond acceptors (Lipinski definition) is 5. The third-order valence-electron chi connectivity index (χ3n) is 2.70. The van der Waals surface area contributed by atoms with Gasteiger partial charge in [0, 0.05) is 13.1 Å². The summed E-state index contributed by atoms with van der Waals surface area (Å²) in [6.07, 6.45) is 0.688. The van der Waals surface area contributed by atoms with Crippen LogP contribution in [0.15, 0.2) is 12.3 Å². The summed E-state index contributed by atoms with van der Waals surface area (Å²) in [6.45, 7) is 5.28. The zero-order valence-corrected chi connectivity index (χ0v) is 13.4. The number of hydrogen-bond donors (Lipinski definition) is 1. The topological polar surface area (TPSA) is 103 Å². The standard InChI is InChI=1S/C13H16ClN5O3/c1-13(2,3)22-12(21)18(4)7-5-9(14)17-19-8(10(15)20)6-16-11(7)19/h5-6H,1-4H3,(H2,15,20). The van der Waals surface area contributed by atoms with Gasteiger partial charge < -0.3 is 10.5 Å². The Morgan fingerprint density at radius 3 is 2.59 bits per heavy atom. The van der Waals surface area contributed by atoms with Crippen molar-refractivity contribution in [2.24, 2.45) is 5.73 Å². The van der Waals surface area contributed by atoms with E-state index in [1.54, 1.807) is 20.8 Å². The van der Waals surface area contributed by atoms with E-state index in [0.29, 0.717) is 5.69 Å². The van der Waals surface area contributed by atoms with Crippen LogP contribution < -0.4 is 10.6 Å². The van der Waals surface area contributed by atoms with Gasteiger partial charge in [-0.1, -0.05) is 11.6 Å². The molecule has 2 rings (SSSR count). The Labute approximate surface area is 131 Å². The molecule has 0 aliphatic rings. The molecule has 0 aliphatic heterocycles. The van der Waals surface area contributed by atoms with E-state index in [1.165, 1.54) is 28.7 Å². The molecule has 0 aliphatic carbocycles. The van der Waals surface area contributed by atoms with Crippen molar-refractivity contribution in [3.63, 3.8) is 0 Å². The largest absolute Gasteiger partial charge is 0.443 e. The summed E-state index contributed by atoms with van der Waals surface area (Å²) in [7, 11) is 1.51. The number of ether oxygens (including phenoxy) is 1. The number of anilines is 1. The number of amides is 2. The number of fused-ring (bicyclic) bond motifs is 1. The lowest BCUT2D eigenvalue weighted by molar-refractivity contribution is 0.0589. The fraction of sp³-hybridized carbons (Fsp3) is 0.385. The van der Waals surface area contributed by atoms with Crippen molar-refractivity contribution in [3.05, 3.63) is 23.1 Å². The summed E-state index contributed by atoms with van der Waals surface area (Å²) in [6, 6.07) is 1.46. The van der Waals surface area contributed by atoms with Gasteiger partial charge in [0.15, 0.2) is 10.8 Å². The molecule has 0 saturated carbocycles. The van der Waals surface area contributed by atoms with Crippen molar-refractivity contribution >= 4 is 34.9 Å². The molecule has 8 nitrogen and oxygen atoms in total. The molecule has 0 spiro atoms. The molecule has 9 heteroatoms. The molecule has 0 radical (unpaired) electrons. The fourth-order valence-corrected chi connectivity index (χ4v) is 1.95. The van der Waals surface area contributed by atoms with Gasteiger partial charge in [-0.05, 0) is 20.8 Å². The normalized spacial score (nSPS) is 11.5. The number of halogens is 1. The van der Waals surface area contributed by atoms with E-state index in [4.69, 9.17) is 22.1 Å². The maximum absolute atomic E-state index is 12.2. The van der Waals surface area contributed by atoms with Gasteiger partial charge in [0.25, 0.3) is 5.91 Å². The van der Waals surface area contributed by atoms with Crippen LogP contribution in [-0.4, -0.2) is 39.2 Å². The van der Waals surface area contributed by atoms with Gasteiger partial charge in [0.05, 0.1) is 11.9 Å². The molecule has 0 aromatic carbocycles. The van der Waals surface area contributed by atoms with Gasteiger partial charge in [-0.25, -0.2) is 14.3 Å². The minimum absolute atomic E-state index is 0.0661. The predicted molar refractivity (Wildman–Crippen MR) is 81.2 cm³/mol. The minimum atomic E-state index is -0.701. The van der Waals surface area contributed by atoms with Crippen LogP contribution in [0.3, 0.4) is 0 Å². The molecule has 0 saturated heterocycles. The van der Waals surface area contributed by atoms with E-state index in [2.05, 4.69) is 10.1 Å². The van der Waals surface area contributed by atoms with E-state index < -0.39 is 17.6 Å². The number of aromatic nitrogens is 3. The van der Waals surface area contributed by atoms with Crippen molar-refractivity contribution in [1.82, 2.24) is 14.6 Å². The van der Waals surface area contributed by atoms with Gasteiger partial charge in [0.2, 0.25) is 0 Å². The third-order valence-corrected chi connectivity index (χ3v) is 2.88. The quantitative estimate of drug-likeness (QED) is 0.907. The average molecular weight is 326 g/mol. The second kappa shape index (κ2) is 5.45. The molecule has 2 heterocycles. The molecule has 0 unspecified atom stereocenters. The SMILES string of the molecule is CN(C(=O)OC(C)(C)C)c1cc(Cl)nn2c(C(N)=O)cnc12. The van der Waals surface area contributed by atoms with Crippen LogP contribution in [0.25, 0.3) is 5.65 Å². The highest BCUT2D eigenvalue weighted by Crippen LogP contribution is 2.24. The Kier molecular flexibility index (Phi) is 3.97. The summed E-state index contributed by atoms with van der Waals surface area (Å²) >= 11 is 5.95. The van der Waals surface area contributed by atoms with Gasteiger partial charge in [0.1, 0.15) is 11.3 Å². The van der Waals surface area contributed by atoms with Gasteiger partial charge in [-0.15, -0.1) is 0 Å². The van der Waals surface area contributed by atoms with Gasteiger partial charge in [-0.2, -0.15) is 5.10 Å². The first-order valence-electron chi connectivity index (χ1n) is 6.41. The Bertz CT molecular complexity index is 750. The number of carbonyl (C=O) groups is 2. The first-order valence-corrected chi connectivity index (χ1v) is 6.79. The highest BCUT2D eigenvalue weighted by atomic mass is 35.5. The summed E-state index contributed by atoms with van der Waals surface area (Å²) in [4.78, 5) is 28.8. The Morgan fingerprint density at radius 2 is 2.05 bits per heavy atom. The molecule has 2 N–H and O–H groups in total. The summed E-state index contributed by atoms with van der Waals surface area (Å²) in [5, 5.41) is 4.06. The van der Waals surface area contributed by atoms with Crippen molar-refractivity contribution in [2.45, 2.75) is 26.4 Å². The van der Waals surface area contributed by atoms with Gasteiger partial charge in [-0.3, -0.25) is 9.69 Å². The zero-order chi connectivity index (χ0) is 16.7. The summed E-state index contributed by atoms with van der Waals surface area (Å²) < 4.78 is 6.49. The van der Waals surface area contributed by atoms with E-state index in [-0.39, 0.29) is 16.5 Å². The van der Waals surface area contributed by atoms with Crippen LogP contribution >= 0.6 is 11.6 Å². The summed E-state index contributed by atoms with van der Waals surface area (Å²) in [5.74, 6) is -0.701. The predicted octanol–water partition coefficient (Wildman–Crippen LogP) is 1.85. The Morgan fingerprint density at radius 1 is 1.41 bits per heavy atom. The molecule has 118 valence electrons. The Balaban J connectivity index is 2.51. The maximum atomic E-state index is 12.2. The average Bonchev–Trinajstić information content (AvgIpc) is 2.78. The van der Waals surface area contributed by atoms with Crippen LogP contribution in [0.2, 0.25) is 5.15 Å². The molecule has 0 fully saturated rings. The molecule has 2 aromatic heterocycles. The molecule has 0 atom stereocenters. The first-order chi connectivity index (χ1) is 10.1. The lowest BCUT2D eigenvalue weighted by Gasteiger charge is -2.24. The smallest absolute Gasteiger partial charge is 0.414 e. The van der Waals surface area contributed by atoms with E-state index >= 15 is 0 Å².